The highest BCUT2D eigenvalue weighted by atomic mass is 16.2. The first kappa shape index (κ1) is 12.6. The lowest BCUT2D eigenvalue weighted by atomic mass is 10.2. The molecule has 2 rings (SSSR count). The van der Waals surface area contributed by atoms with E-state index < -0.39 is 0 Å². The summed E-state index contributed by atoms with van der Waals surface area (Å²) in [5, 5.41) is 8.71. The van der Waals surface area contributed by atoms with Crippen molar-refractivity contribution in [1.82, 2.24) is 15.0 Å². The molecule has 1 aromatic heterocycles. The number of aliphatic hydroxyl groups is 1. The first-order valence-electron chi connectivity index (χ1n) is 6.24. The second-order valence-corrected chi connectivity index (χ2v) is 4.13. The van der Waals surface area contributed by atoms with Crippen molar-refractivity contribution < 1.29 is 5.11 Å². The summed E-state index contributed by atoms with van der Waals surface area (Å²) in [5.41, 5.74) is 1.01. The monoisotopic (exact) mass is 243 g/mol. The zero-order valence-electron chi connectivity index (χ0n) is 10.3. The fourth-order valence-corrected chi connectivity index (χ4v) is 1.75. The van der Waals surface area contributed by atoms with Gasteiger partial charge in [0.1, 0.15) is 12.2 Å². The van der Waals surface area contributed by atoms with Crippen molar-refractivity contribution in [2.45, 2.75) is 25.7 Å². The Bertz CT molecular complexity index is 473. The Labute approximate surface area is 107 Å². The molecule has 0 radical (unpaired) electrons. The number of hydrogen-bond acceptors (Lipinski definition) is 4. The topological polar surface area (TPSA) is 58.9 Å². The molecule has 94 valence electrons. The maximum atomic E-state index is 8.71. The Balaban J connectivity index is 2.02. The Morgan fingerprint density at radius 1 is 0.944 bits per heavy atom. The van der Waals surface area contributed by atoms with E-state index in [1.54, 1.807) is 6.33 Å². The average Bonchev–Trinajstić information content (AvgIpc) is 2.45. The summed E-state index contributed by atoms with van der Waals surface area (Å²) < 4.78 is 0. The molecule has 1 N–H and O–H groups in total. The van der Waals surface area contributed by atoms with Gasteiger partial charge in [0.25, 0.3) is 0 Å². The first-order chi connectivity index (χ1) is 8.90. The van der Waals surface area contributed by atoms with Crippen LogP contribution in [-0.4, -0.2) is 26.7 Å². The summed E-state index contributed by atoms with van der Waals surface area (Å²) in [6, 6.07) is 9.90. The highest BCUT2D eigenvalue weighted by Gasteiger charge is 2.03. The van der Waals surface area contributed by atoms with Crippen molar-refractivity contribution in [3.05, 3.63) is 42.5 Å². The quantitative estimate of drug-likeness (QED) is 0.790. The summed E-state index contributed by atoms with van der Waals surface area (Å²) in [6.07, 6.45) is 5.25. The molecular weight excluding hydrogens is 226 g/mol. The van der Waals surface area contributed by atoms with Gasteiger partial charge in [-0.25, -0.2) is 15.0 Å². The van der Waals surface area contributed by atoms with Gasteiger partial charge in [0.15, 0.2) is 5.82 Å². The van der Waals surface area contributed by atoms with Crippen LogP contribution in [0.3, 0.4) is 0 Å². The van der Waals surface area contributed by atoms with Crippen LogP contribution in [0.5, 0.6) is 0 Å². The van der Waals surface area contributed by atoms with Gasteiger partial charge < -0.3 is 5.11 Å². The molecule has 0 aliphatic heterocycles. The molecule has 0 aliphatic carbocycles. The summed E-state index contributed by atoms with van der Waals surface area (Å²) >= 11 is 0. The van der Waals surface area contributed by atoms with Crippen LogP contribution in [0.4, 0.5) is 0 Å². The lowest BCUT2D eigenvalue weighted by Crippen LogP contribution is -1.99. The lowest BCUT2D eigenvalue weighted by Gasteiger charge is -2.02. The van der Waals surface area contributed by atoms with Gasteiger partial charge in [0.2, 0.25) is 0 Å². The number of aromatic nitrogens is 3. The van der Waals surface area contributed by atoms with E-state index in [0.29, 0.717) is 0 Å². The van der Waals surface area contributed by atoms with Crippen molar-refractivity contribution in [1.29, 1.82) is 0 Å². The fraction of sp³-hybridized carbons (Fsp3) is 0.357. The molecule has 4 heteroatoms. The third-order valence-corrected chi connectivity index (χ3v) is 2.71. The van der Waals surface area contributed by atoms with Crippen molar-refractivity contribution in [2.75, 3.05) is 6.61 Å². The molecule has 0 saturated carbocycles. The molecule has 0 fully saturated rings. The van der Waals surface area contributed by atoms with Gasteiger partial charge in [-0.15, -0.1) is 0 Å². The molecule has 0 saturated heterocycles. The Hall–Kier alpha value is -1.81. The predicted molar refractivity (Wildman–Crippen MR) is 69.9 cm³/mol. The largest absolute Gasteiger partial charge is 0.396 e. The normalized spacial score (nSPS) is 10.5. The molecule has 1 aromatic carbocycles. The first-order valence-corrected chi connectivity index (χ1v) is 6.24. The van der Waals surface area contributed by atoms with E-state index in [4.69, 9.17) is 5.11 Å². The summed E-state index contributed by atoms with van der Waals surface area (Å²) in [7, 11) is 0. The van der Waals surface area contributed by atoms with Crippen LogP contribution in [0.15, 0.2) is 36.7 Å². The molecule has 2 aromatic rings. The van der Waals surface area contributed by atoms with Crippen molar-refractivity contribution in [3.63, 3.8) is 0 Å². The minimum Gasteiger partial charge on any atom is -0.396 e. The van der Waals surface area contributed by atoms with Crippen LogP contribution >= 0.6 is 0 Å². The van der Waals surface area contributed by atoms with E-state index in [1.807, 2.05) is 30.3 Å². The SMILES string of the molecule is OCCCCCc1ncnc(-c2ccccc2)n1. The van der Waals surface area contributed by atoms with Crippen LogP contribution in [0.1, 0.15) is 25.1 Å². The highest BCUT2D eigenvalue weighted by Crippen LogP contribution is 2.13. The lowest BCUT2D eigenvalue weighted by molar-refractivity contribution is 0.283. The second kappa shape index (κ2) is 6.81. The number of aryl methyl sites for hydroxylation is 1. The number of aliphatic hydroxyl groups excluding tert-OH is 1. The van der Waals surface area contributed by atoms with Crippen molar-refractivity contribution >= 4 is 0 Å². The molecule has 0 spiro atoms. The number of benzene rings is 1. The third-order valence-electron chi connectivity index (χ3n) is 2.71. The van der Waals surface area contributed by atoms with Gasteiger partial charge in [-0.1, -0.05) is 36.8 Å². The van der Waals surface area contributed by atoms with Crippen molar-refractivity contribution in [3.8, 4) is 11.4 Å². The minimum atomic E-state index is 0.256. The van der Waals surface area contributed by atoms with Gasteiger partial charge in [-0.3, -0.25) is 0 Å². The zero-order chi connectivity index (χ0) is 12.6. The fourth-order valence-electron chi connectivity index (χ4n) is 1.75. The van der Waals surface area contributed by atoms with Crippen LogP contribution < -0.4 is 0 Å². The Kier molecular flexibility index (Phi) is 4.78. The summed E-state index contributed by atoms with van der Waals surface area (Å²) in [4.78, 5) is 12.8. The molecule has 0 unspecified atom stereocenters. The van der Waals surface area contributed by atoms with E-state index in [9.17, 15) is 0 Å². The molecule has 1 heterocycles. The minimum absolute atomic E-state index is 0.256. The molecule has 4 nitrogen and oxygen atoms in total. The number of nitrogens with zero attached hydrogens (tertiary/aromatic N) is 3. The summed E-state index contributed by atoms with van der Waals surface area (Å²) in [5.74, 6) is 1.55. The maximum Gasteiger partial charge on any atom is 0.162 e. The molecule has 0 amide bonds. The van der Waals surface area contributed by atoms with Crippen LogP contribution in [0, 0.1) is 0 Å². The van der Waals surface area contributed by atoms with Gasteiger partial charge in [0, 0.05) is 18.6 Å². The third kappa shape index (κ3) is 3.60. The Morgan fingerprint density at radius 2 is 1.78 bits per heavy atom. The second-order valence-electron chi connectivity index (χ2n) is 4.13. The average molecular weight is 243 g/mol. The van der Waals surface area contributed by atoms with Gasteiger partial charge in [-0.2, -0.15) is 0 Å². The molecular formula is C14H17N3O. The molecule has 0 atom stereocenters. The van der Waals surface area contributed by atoms with Crippen LogP contribution in [0.2, 0.25) is 0 Å². The molecule has 18 heavy (non-hydrogen) atoms. The Morgan fingerprint density at radius 3 is 2.56 bits per heavy atom. The number of unbranched alkanes of at least 4 members (excludes halogenated alkanes) is 2. The zero-order valence-corrected chi connectivity index (χ0v) is 10.3. The smallest absolute Gasteiger partial charge is 0.162 e. The number of rotatable bonds is 6. The van der Waals surface area contributed by atoms with E-state index in [1.165, 1.54) is 0 Å². The molecule has 0 bridgehead atoms. The van der Waals surface area contributed by atoms with Gasteiger partial charge >= 0.3 is 0 Å². The standard InChI is InChI=1S/C14H17N3O/c18-10-6-2-5-9-13-15-11-16-14(17-13)12-7-3-1-4-8-12/h1,3-4,7-8,11,18H,2,5-6,9-10H2. The highest BCUT2D eigenvalue weighted by molar-refractivity contribution is 5.53. The van der Waals surface area contributed by atoms with Gasteiger partial charge in [0.05, 0.1) is 0 Å². The molecule has 0 aliphatic rings. The van der Waals surface area contributed by atoms with Crippen molar-refractivity contribution in [2.24, 2.45) is 0 Å². The number of hydrogen-bond donors (Lipinski definition) is 1. The van der Waals surface area contributed by atoms with E-state index in [-0.39, 0.29) is 6.61 Å². The van der Waals surface area contributed by atoms with Crippen LogP contribution in [0.25, 0.3) is 11.4 Å². The van der Waals surface area contributed by atoms with E-state index in [0.717, 1.165) is 42.9 Å². The van der Waals surface area contributed by atoms with Crippen LogP contribution in [-0.2, 0) is 6.42 Å². The van der Waals surface area contributed by atoms with E-state index >= 15 is 0 Å². The summed E-state index contributed by atoms with van der Waals surface area (Å²) in [6.45, 7) is 0.256. The van der Waals surface area contributed by atoms with E-state index in [2.05, 4.69) is 15.0 Å². The van der Waals surface area contributed by atoms with Gasteiger partial charge in [-0.05, 0) is 12.8 Å². The maximum absolute atomic E-state index is 8.71. The predicted octanol–water partition coefficient (Wildman–Crippen LogP) is 2.24.